The minimum Gasteiger partial charge on any atom is -0.172 e. The Morgan fingerprint density at radius 2 is 1.47 bits per heavy atom. The van der Waals surface area contributed by atoms with Gasteiger partial charge in [-0.15, -0.1) is 0 Å². The molecule has 0 heterocycles. The Labute approximate surface area is 89.1 Å². The molecule has 86 valence electrons. The van der Waals surface area contributed by atoms with E-state index in [4.69, 9.17) is 0 Å². The summed E-state index contributed by atoms with van der Waals surface area (Å²) < 4.78 is 31.1. The van der Waals surface area contributed by atoms with Crippen molar-refractivity contribution in [2.24, 2.45) is 5.92 Å². The van der Waals surface area contributed by atoms with Crippen LogP contribution in [0.3, 0.4) is 0 Å². The summed E-state index contributed by atoms with van der Waals surface area (Å²) in [6.45, 7) is 4.67. The van der Waals surface area contributed by atoms with Crippen molar-refractivity contribution in [3.8, 4) is 0 Å². The van der Waals surface area contributed by atoms with Gasteiger partial charge >= 0.3 is 6.18 Å². The van der Waals surface area contributed by atoms with Gasteiger partial charge in [-0.25, -0.2) is 0 Å². The largest absolute Gasteiger partial charge is 0.386 e. The van der Waals surface area contributed by atoms with E-state index in [0.717, 1.165) is 5.92 Å². The topological polar surface area (TPSA) is 0 Å². The third-order valence-electron chi connectivity index (χ3n) is 1.49. The number of hydrogen-bond acceptors (Lipinski definition) is 0. The summed E-state index contributed by atoms with van der Waals surface area (Å²) in [6.07, 6.45) is -2.80. The summed E-state index contributed by atoms with van der Waals surface area (Å²) in [5.41, 5.74) is 1.44. The molecular weight excluding hydrogens is 201 g/mol. The number of benzene rings is 1. The minimum atomic E-state index is -4.00. The Balaban J connectivity index is 0.000000336. The highest BCUT2D eigenvalue weighted by molar-refractivity contribution is 5.14. The molecule has 0 nitrogen and oxygen atoms in total. The first-order valence-electron chi connectivity index (χ1n) is 4.89. The zero-order chi connectivity index (χ0) is 11.9. The summed E-state index contributed by atoms with van der Waals surface area (Å²) in [7, 11) is 0. The fraction of sp³-hybridized carbons (Fsp3) is 0.500. The molecule has 0 atom stereocenters. The second kappa shape index (κ2) is 6.49. The van der Waals surface area contributed by atoms with Crippen molar-refractivity contribution in [1.82, 2.24) is 0 Å². The maximum absolute atomic E-state index is 10.4. The molecule has 0 bridgehead atoms. The maximum atomic E-state index is 10.4. The van der Waals surface area contributed by atoms with E-state index < -0.39 is 6.18 Å². The molecule has 0 unspecified atom stereocenters. The van der Waals surface area contributed by atoms with Crippen LogP contribution in [0, 0.1) is 5.92 Å². The molecule has 0 N–H and O–H groups in total. The van der Waals surface area contributed by atoms with Gasteiger partial charge < -0.3 is 0 Å². The van der Waals surface area contributed by atoms with Gasteiger partial charge in [-0.2, -0.15) is 13.2 Å². The van der Waals surface area contributed by atoms with Crippen LogP contribution in [0.2, 0.25) is 0 Å². The van der Waals surface area contributed by atoms with Crippen LogP contribution in [0.25, 0.3) is 0 Å². The maximum Gasteiger partial charge on any atom is 0.386 e. The summed E-state index contributed by atoms with van der Waals surface area (Å²) in [5.74, 6) is 0.766. The van der Waals surface area contributed by atoms with Gasteiger partial charge in [-0.1, -0.05) is 44.2 Å². The van der Waals surface area contributed by atoms with E-state index in [9.17, 15) is 13.2 Å². The summed E-state index contributed by atoms with van der Waals surface area (Å²) in [6, 6.07) is 10.6. The lowest BCUT2D eigenvalue weighted by Crippen LogP contribution is -1.95. The molecule has 0 aromatic heterocycles. The fourth-order valence-electron chi connectivity index (χ4n) is 1.09. The molecule has 0 spiro atoms. The van der Waals surface area contributed by atoms with Gasteiger partial charge in [0.15, 0.2) is 0 Å². The molecule has 1 rings (SSSR count). The van der Waals surface area contributed by atoms with Crippen LogP contribution in [-0.2, 0) is 6.42 Å². The second-order valence-corrected chi connectivity index (χ2v) is 3.86. The van der Waals surface area contributed by atoms with Crippen molar-refractivity contribution >= 4 is 0 Å². The van der Waals surface area contributed by atoms with Crippen molar-refractivity contribution in [2.75, 3.05) is 0 Å². The van der Waals surface area contributed by atoms with Crippen molar-refractivity contribution < 1.29 is 13.2 Å². The normalized spacial score (nSPS) is 10.9. The van der Waals surface area contributed by atoms with Crippen LogP contribution in [0.1, 0.15) is 26.3 Å². The Morgan fingerprint density at radius 1 is 1.07 bits per heavy atom. The molecule has 0 fully saturated rings. The van der Waals surface area contributed by atoms with Gasteiger partial charge in [0.05, 0.1) is 0 Å². The Kier molecular flexibility index (Phi) is 6.06. The van der Waals surface area contributed by atoms with Crippen LogP contribution in [0.4, 0.5) is 13.2 Å². The summed E-state index contributed by atoms with van der Waals surface area (Å²) >= 11 is 0. The molecule has 15 heavy (non-hydrogen) atoms. The molecule has 0 saturated heterocycles. The van der Waals surface area contributed by atoms with Crippen LogP contribution in [-0.4, -0.2) is 6.18 Å². The first kappa shape index (κ1) is 14.0. The molecule has 0 radical (unpaired) electrons. The summed E-state index contributed by atoms with van der Waals surface area (Å²) in [4.78, 5) is 0. The molecule has 0 amide bonds. The average molecular weight is 218 g/mol. The molecule has 0 aliphatic heterocycles. The lowest BCUT2D eigenvalue weighted by molar-refractivity contribution is -0.110. The molecule has 1 aromatic rings. The van der Waals surface area contributed by atoms with E-state index in [1.54, 1.807) is 0 Å². The molecular formula is C12H17F3. The summed E-state index contributed by atoms with van der Waals surface area (Å²) in [5, 5.41) is 0. The highest BCUT2D eigenvalue weighted by Crippen LogP contribution is 2.10. The Bertz CT molecular complexity index is 243. The molecule has 1 aromatic carbocycles. The fourth-order valence-corrected chi connectivity index (χ4v) is 1.09. The Hall–Kier alpha value is -0.990. The Morgan fingerprint density at radius 3 is 1.80 bits per heavy atom. The smallest absolute Gasteiger partial charge is 0.172 e. The van der Waals surface area contributed by atoms with Crippen LogP contribution < -0.4 is 0 Å². The van der Waals surface area contributed by atoms with Gasteiger partial charge in [0.1, 0.15) is 0 Å². The molecule has 0 saturated carbocycles. The van der Waals surface area contributed by atoms with Crippen molar-refractivity contribution in [2.45, 2.75) is 33.4 Å². The quantitative estimate of drug-likeness (QED) is 0.687. The van der Waals surface area contributed by atoms with Gasteiger partial charge in [0.2, 0.25) is 0 Å². The standard InChI is InChI=1S/C10H14.C2H3F3/c1-9(2)8-10-6-4-3-5-7-10;1-2(3,4)5/h3-7,9H,8H2,1-2H3;1H3. The van der Waals surface area contributed by atoms with E-state index in [0.29, 0.717) is 0 Å². The zero-order valence-electron chi connectivity index (χ0n) is 9.31. The highest BCUT2D eigenvalue weighted by atomic mass is 19.4. The van der Waals surface area contributed by atoms with Gasteiger partial charge in [-0.3, -0.25) is 0 Å². The first-order valence-corrected chi connectivity index (χ1v) is 4.89. The number of alkyl halides is 3. The van der Waals surface area contributed by atoms with Crippen LogP contribution in [0.15, 0.2) is 30.3 Å². The number of hydrogen-bond donors (Lipinski definition) is 0. The van der Waals surface area contributed by atoms with Crippen LogP contribution in [0.5, 0.6) is 0 Å². The monoisotopic (exact) mass is 218 g/mol. The van der Waals surface area contributed by atoms with Gasteiger partial charge in [0, 0.05) is 6.92 Å². The van der Waals surface area contributed by atoms with E-state index >= 15 is 0 Å². The number of halogens is 3. The van der Waals surface area contributed by atoms with E-state index in [2.05, 4.69) is 44.2 Å². The lowest BCUT2D eigenvalue weighted by Gasteiger charge is -2.02. The lowest BCUT2D eigenvalue weighted by atomic mass is 10.0. The van der Waals surface area contributed by atoms with Crippen molar-refractivity contribution in [3.63, 3.8) is 0 Å². The van der Waals surface area contributed by atoms with Crippen molar-refractivity contribution in [3.05, 3.63) is 35.9 Å². The van der Waals surface area contributed by atoms with Crippen LogP contribution >= 0.6 is 0 Å². The van der Waals surface area contributed by atoms with Gasteiger partial charge in [-0.05, 0) is 17.9 Å². The first-order chi connectivity index (χ1) is 6.79. The second-order valence-electron chi connectivity index (χ2n) is 3.86. The predicted octanol–water partition coefficient (Wildman–Crippen LogP) is 4.45. The average Bonchev–Trinajstić information content (AvgIpc) is 2.01. The third-order valence-corrected chi connectivity index (χ3v) is 1.49. The third kappa shape index (κ3) is 13.0. The minimum absolute atomic E-state index is 0.188. The van der Waals surface area contributed by atoms with Gasteiger partial charge in [0.25, 0.3) is 0 Å². The van der Waals surface area contributed by atoms with E-state index in [1.807, 2.05) is 0 Å². The zero-order valence-corrected chi connectivity index (χ0v) is 9.31. The molecule has 0 aliphatic rings. The number of rotatable bonds is 2. The predicted molar refractivity (Wildman–Crippen MR) is 56.7 cm³/mol. The van der Waals surface area contributed by atoms with Crippen molar-refractivity contribution in [1.29, 1.82) is 0 Å². The highest BCUT2D eigenvalue weighted by Gasteiger charge is 2.15. The van der Waals surface area contributed by atoms with E-state index in [1.165, 1.54) is 12.0 Å². The SMILES string of the molecule is CC(C)Cc1ccccc1.CC(F)(F)F. The molecule has 3 heteroatoms. The van der Waals surface area contributed by atoms with E-state index in [-0.39, 0.29) is 6.92 Å². The molecule has 0 aliphatic carbocycles.